The SMILES string of the molecule is c1ccn2cc(C3COCCN3)nc2c1. The van der Waals surface area contributed by atoms with Crippen LogP contribution in [-0.4, -0.2) is 29.1 Å². The normalized spacial score (nSPS) is 22.0. The van der Waals surface area contributed by atoms with E-state index in [1.807, 2.05) is 28.8 Å². The summed E-state index contributed by atoms with van der Waals surface area (Å²) in [6.07, 6.45) is 4.07. The van der Waals surface area contributed by atoms with Crippen molar-refractivity contribution >= 4 is 5.65 Å². The maximum atomic E-state index is 5.42. The molecule has 0 aliphatic carbocycles. The summed E-state index contributed by atoms with van der Waals surface area (Å²) in [5.74, 6) is 0. The van der Waals surface area contributed by atoms with E-state index in [1.165, 1.54) is 0 Å². The molecule has 15 heavy (non-hydrogen) atoms. The average Bonchev–Trinajstić information content (AvgIpc) is 2.74. The number of hydrogen-bond donors (Lipinski definition) is 1. The van der Waals surface area contributed by atoms with Gasteiger partial charge in [0, 0.05) is 18.9 Å². The number of aromatic nitrogens is 2. The molecule has 1 aliphatic heterocycles. The lowest BCUT2D eigenvalue weighted by molar-refractivity contribution is 0.0758. The van der Waals surface area contributed by atoms with Crippen LogP contribution in [0, 0.1) is 0 Å². The fraction of sp³-hybridized carbons (Fsp3) is 0.364. The minimum Gasteiger partial charge on any atom is -0.378 e. The first-order valence-electron chi connectivity index (χ1n) is 5.18. The number of ether oxygens (including phenoxy) is 1. The first-order chi connectivity index (χ1) is 7.43. The summed E-state index contributed by atoms with van der Waals surface area (Å²) in [5.41, 5.74) is 2.04. The molecule has 0 amide bonds. The minimum atomic E-state index is 0.235. The first-order valence-corrected chi connectivity index (χ1v) is 5.18. The van der Waals surface area contributed by atoms with Gasteiger partial charge >= 0.3 is 0 Å². The molecule has 4 heteroatoms. The van der Waals surface area contributed by atoms with Crippen molar-refractivity contribution in [3.8, 4) is 0 Å². The molecule has 0 saturated carbocycles. The van der Waals surface area contributed by atoms with E-state index in [2.05, 4.69) is 16.5 Å². The highest BCUT2D eigenvalue weighted by molar-refractivity contribution is 5.40. The van der Waals surface area contributed by atoms with Crippen LogP contribution in [0.4, 0.5) is 0 Å². The van der Waals surface area contributed by atoms with Crippen LogP contribution in [0.2, 0.25) is 0 Å². The van der Waals surface area contributed by atoms with Crippen LogP contribution in [-0.2, 0) is 4.74 Å². The molecule has 0 spiro atoms. The Labute approximate surface area is 87.9 Å². The molecule has 3 heterocycles. The zero-order valence-electron chi connectivity index (χ0n) is 8.39. The Kier molecular flexibility index (Phi) is 2.16. The minimum absolute atomic E-state index is 0.235. The molecular weight excluding hydrogens is 190 g/mol. The van der Waals surface area contributed by atoms with Gasteiger partial charge in [-0.1, -0.05) is 6.07 Å². The van der Waals surface area contributed by atoms with E-state index >= 15 is 0 Å². The summed E-state index contributed by atoms with van der Waals surface area (Å²) in [4.78, 5) is 4.56. The second kappa shape index (κ2) is 3.64. The second-order valence-corrected chi connectivity index (χ2v) is 3.71. The van der Waals surface area contributed by atoms with Gasteiger partial charge in [-0.3, -0.25) is 0 Å². The van der Waals surface area contributed by atoms with E-state index in [0.717, 1.165) is 24.5 Å². The number of nitrogens with one attached hydrogen (secondary N) is 1. The van der Waals surface area contributed by atoms with Gasteiger partial charge in [0.2, 0.25) is 0 Å². The lowest BCUT2D eigenvalue weighted by Crippen LogP contribution is -2.34. The molecule has 1 atom stereocenters. The van der Waals surface area contributed by atoms with Crippen LogP contribution < -0.4 is 5.32 Å². The quantitative estimate of drug-likeness (QED) is 0.751. The third-order valence-corrected chi connectivity index (χ3v) is 2.66. The Balaban J connectivity index is 1.96. The Morgan fingerprint density at radius 1 is 1.47 bits per heavy atom. The van der Waals surface area contributed by atoms with Gasteiger partial charge < -0.3 is 14.5 Å². The number of imidazole rings is 1. The molecule has 1 N–H and O–H groups in total. The third-order valence-electron chi connectivity index (χ3n) is 2.66. The highest BCUT2D eigenvalue weighted by atomic mass is 16.5. The van der Waals surface area contributed by atoms with E-state index in [4.69, 9.17) is 4.74 Å². The topological polar surface area (TPSA) is 38.6 Å². The van der Waals surface area contributed by atoms with E-state index in [0.29, 0.717) is 6.61 Å². The van der Waals surface area contributed by atoms with Crippen LogP contribution in [0.1, 0.15) is 11.7 Å². The van der Waals surface area contributed by atoms with Gasteiger partial charge in [0.05, 0.1) is 24.9 Å². The predicted octanol–water partition coefficient (Wildman–Crippen LogP) is 0.995. The maximum absolute atomic E-state index is 5.42. The molecule has 2 aromatic rings. The van der Waals surface area contributed by atoms with E-state index < -0.39 is 0 Å². The van der Waals surface area contributed by atoms with E-state index in [1.54, 1.807) is 0 Å². The van der Waals surface area contributed by atoms with E-state index in [-0.39, 0.29) is 6.04 Å². The van der Waals surface area contributed by atoms with Gasteiger partial charge in [0.15, 0.2) is 0 Å². The Hall–Kier alpha value is -1.39. The molecule has 0 aromatic carbocycles. The molecule has 0 bridgehead atoms. The number of pyridine rings is 1. The van der Waals surface area contributed by atoms with Crippen LogP contribution in [0.25, 0.3) is 5.65 Å². The molecule has 2 aromatic heterocycles. The molecule has 0 radical (unpaired) electrons. The predicted molar refractivity (Wildman–Crippen MR) is 56.8 cm³/mol. The smallest absolute Gasteiger partial charge is 0.137 e. The number of hydrogen-bond acceptors (Lipinski definition) is 3. The van der Waals surface area contributed by atoms with Crippen molar-refractivity contribution in [1.82, 2.24) is 14.7 Å². The Morgan fingerprint density at radius 2 is 2.47 bits per heavy atom. The van der Waals surface area contributed by atoms with Gasteiger partial charge in [-0.2, -0.15) is 0 Å². The Bertz CT molecular complexity index is 427. The average molecular weight is 203 g/mol. The van der Waals surface area contributed by atoms with E-state index in [9.17, 15) is 0 Å². The summed E-state index contributed by atoms with van der Waals surface area (Å²) < 4.78 is 7.45. The van der Waals surface area contributed by atoms with Gasteiger partial charge in [0.25, 0.3) is 0 Å². The van der Waals surface area contributed by atoms with Gasteiger partial charge in [-0.05, 0) is 12.1 Å². The third kappa shape index (κ3) is 1.62. The lowest BCUT2D eigenvalue weighted by Gasteiger charge is -2.21. The maximum Gasteiger partial charge on any atom is 0.137 e. The summed E-state index contributed by atoms with van der Waals surface area (Å²) in [5, 5.41) is 3.40. The molecule has 1 unspecified atom stereocenters. The van der Waals surface area contributed by atoms with Crippen molar-refractivity contribution in [1.29, 1.82) is 0 Å². The van der Waals surface area contributed by atoms with Gasteiger partial charge in [0.1, 0.15) is 5.65 Å². The largest absolute Gasteiger partial charge is 0.378 e. The number of morpholine rings is 1. The van der Waals surface area contributed by atoms with Crippen LogP contribution in [0.3, 0.4) is 0 Å². The monoisotopic (exact) mass is 203 g/mol. The fourth-order valence-electron chi connectivity index (χ4n) is 1.88. The lowest BCUT2D eigenvalue weighted by atomic mass is 10.2. The fourth-order valence-corrected chi connectivity index (χ4v) is 1.88. The highest BCUT2D eigenvalue weighted by Crippen LogP contribution is 2.15. The molecule has 1 fully saturated rings. The van der Waals surface area contributed by atoms with Gasteiger partial charge in [-0.25, -0.2) is 4.98 Å². The first kappa shape index (κ1) is 8.88. The number of nitrogens with zero attached hydrogens (tertiary/aromatic N) is 2. The standard InChI is InChI=1S/C11H13N3O/c1-2-5-14-7-9(13-11(14)3-1)10-8-15-6-4-12-10/h1-3,5,7,10,12H,4,6,8H2. The molecule has 1 saturated heterocycles. The number of fused-ring (bicyclic) bond motifs is 1. The summed E-state index contributed by atoms with van der Waals surface area (Å²) in [7, 11) is 0. The molecule has 1 aliphatic rings. The molecule has 3 rings (SSSR count). The highest BCUT2D eigenvalue weighted by Gasteiger charge is 2.17. The molecular formula is C11H13N3O. The summed E-state index contributed by atoms with van der Waals surface area (Å²) >= 11 is 0. The van der Waals surface area contributed by atoms with Crippen molar-refractivity contribution < 1.29 is 4.74 Å². The summed E-state index contributed by atoms with van der Waals surface area (Å²) in [6.45, 7) is 2.41. The second-order valence-electron chi connectivity index (χ2n) is 3.71. The van der Waals surface area contributed by atoms with Crippen LogP contribution >= 0.6 is 0 Å². The van der Waals surface area contributed by atoms with Crippen molar-refractivity contribution in [2.45, 2.75) is 6.04 Å². The van der Waals surface area contributed by atoms with Crippen LogP contribution in [0.5, 0.6) is 0 Å². The van der Waals surface area contributed by atoms with Gasteiger partial charge in [-0.15, -0.1) is 0 Å². The van der Waals surface area contributed by atoms with Crippen molar-refractivity contribution in [3.63, 3.8) is 0 Å². The number of rotatable bonds is 1. The summed E-state index contributed by atoms with van der Waals surface area (Å²) in [6, 6.07) is 6.24. The molecule has 78 valence electrons. The van der Waals surface area contributed by atoms with Crippen molar-refractivity contribution in [2.75, 3.05) is 19.8 Å². The van der Waals surface area contributed by atoms with Crippen molar-refractivity contribution in [3.05, 3.63) is 36.3 Å². The molecule has 4 nitrogen and oxygen atoms in total. The van der Waals surface area contributed by atoms with Crippen molar-refractivity contribution in [2.24, 2.45) is 0 Å². The Morgan fingerprint density at radius 3 is 3.27 bits per heavy atom. The van der Waals surface area contributed by atoms with Crippen LogP contribution in [0.15, 0.2) is 30.6 Å². The zero-order chi connectivity index (χ0) is 10.1. The zero-order valence-corrected chi connectivity index (χ0v) is 8.39.